The first-order chi connectivity index (χ1) is 9.61. The van der Waals surface area contributed by atoms with Gasteiger partial charge in [-0.05, 0) is 44.5 Å². The molecule has 0 spiro atoms. The Morgan fingerprint density at radius 2 is 1.95 bits per heavy atom. The molecule has 0 aliphatic heterocycles. The van der Waals surface area contributed by atoms with Gasteiger partial charge in [-0.3, -0.25) is 10.1 Å². The maximum atomic E-state index is 12.1. The van der Waals surface area contributed by atoms with E-state index in [0.717, 1.165) is 29.9 Å². The van der Waals surface area contributed by atoms with Gasteiger partial charge in [0.15, 0.2) is 0 Å². The van der Waals surface area contributed by atoms with Crippen molar-refractivity contribution in [2.45, 2.75) is 27.2 Å². The third kappa shape index (κ3) is 3.17. The normalized spacial score (nSPS) is 10.3. The molecule has 0 aliphatic rings. The summed E-state index contributed by atoms with van der Waals surface area (Å²) >= 11 is 0. The van der Waals surface area contributed by atoms with Crippen LogP contribution in [0, 0.1) is 13.8 Å². The summed E-state index contributed by atoms with van der Waals surface area (Å²) in [6.45, 7) is 6.72. The van der Waals surface area contributed by atoms with Gasteiger partial charge < -0.3 is 9.84 Å². The minimum absolute atomic E-state index is 0.203. The maximum Gasteiger partial charge on any atom is 0.258 e. The van der Waals surface area contributed by atoms with Crippen molar-refractivity contribution in [3.8, 4) is 0 Å². The lowest BCUT2D eigenvalue weighted by Crippen LogP contribution is -2.12. The molecule has 20 heavy (non-hydrogen) atoms. The predicted octanol–water partition coefficient (Wildman–Crippen LogP) is 3.37. The lowest BCUT2D eigenvalue weighted by Gasteiger charge is -2.06. The number of rotatable bonds is 5. The summed E-state index contributed by atoms with van der Waals surface area (Å²) in [6, 6.07) is 7.35. The number of amides is 1. The van der Waals surface area contributed by atoms with Crippen molar-refractivity contribution >= 4 is 17.5 Å². The maximum absolute atomic E-state index is 12.1. The number of aromatic nitrogens is 1. The van der Waals surface area contributed by atoms with Crippen molar-refractivity contribution in [3.05, 3.63) is 41.1 Å². The van der Waals surface area contributed by atoms with Gasteiger partial charge in [-0.25, -0.2) is 0 Å². The molecule has 0 unspecified atom stereocenters. The molecule has 2 aromatic rings. The smallest absolute Gasteiger partial charge is 0.258 e. The number of nitrogens with zero attached hydrogens (tertiary/aromatic N) is 1. The Balaban J connectivity index is 2.04. The Hall–Kier alpha value is -2.30. The highest BCUT2D eigenvalue weighted by atomic mass is 16.5. The van der Waals surface area contributed by atoms with Crippen molar-refractivity contribution in [1.29, 1.82) is 0 Å². The van der Waals surface area contributed by atoms with Crippen LogP contribution in [0.4, 0.5) is 11.6 Å². The number of anilines is 2. The van der Waals surface area contributed by atoms with E-state index in [-0.39, 0.29) is 5.91 Å². The summed E-state index contributed by atoms with van der Waals surface area (Å²) in [5, 5.41) is 9.79. The quantitative estimate of drug-likeness (QED) is 0.876. The fourth-order valence-electron chi connectivity index (χ4n) is 1.72. The lowest BCUT2D eigenvalue weighted by molar-refractivity contribution is 0.102. The average molecular weight is 273 g/mol. The molecule has 0 bridgehead atoms. The van der Waals surface area contributed by atoms with E-state index in [1.807, 2.05) is 26.0 Å². The minimum atomic E-state index is -0.203. The first-order valence-corrected chi connectivity index (χ1v) is 6.70. The highest BCUT2D eigenvalue weighted by Crippen LogP contribution is 2.18. The first-order valence-electron chi connectivity index (χ1n) is 6.70. The Labute approximate surface area is 118 Å². The lowest BCUT2D eigenvalue weighted by atomic mass is 10.2. The Kier molecular flexibility index (Phi) is 4.40. The van der Waals surface area contributed by atoms with E-state index in [2.05, 4.69) is 22.7 Å². The highest BCUT2D eigenvalue weighted by Gasteiger charge is 2.13. The zero-order valence-electron chi connectivity index (χ0n) is 12.0. The fraction of sp³-hybridized carbons (Fsp3) is 0.333. The van der Waals surface area contributed by atoms with Crippen LogP contribution in [-0.4, -0.2) is 17.6 Å². The predicted molar refractivity (Wildman–Crippen MR) is 79.2 cm³/mol. The summed E-state index contributed by atoms with van der Waals surface area (Å²) in [6.07, 6.45) is 1.06. The zero-order valence-corrected chi connectivity index (χ0v) is 12.0. The van der Waals surface area contributed by atoms with Crippen LogP contribution in [-0.2, 0) is 0 Å². The third-order valence-electron chi connectivity index (χ3n) is 3.11. The second kappa shape index (κ2) is 6.23. The molecule has 106 valence electrons. The number of carbonyl (C=O) groups is 1. The van der Waals surface area contributed by atoms with Crippen molar-refractivity contribution in [1.82, 2.24) is 5.16 Å². The van der Waals surface area contributed by atoms with E-state index in [0.29, 0.717) is 11.4 Å². The van der Waals surface area contributed by atoms with E-state index in [1.165, 1.54) is 0 Å². The molecular formula is C15H19N3O2. The van der Waals surface area contributed by atoms with Gasteiger partial charge in [-0.1, -0.05) is 12.1 Å². The molecule has 0 fully saturated rings. The van der Waals surface area contributed by atoms with Gasteiger partial charge >= 0.3 is 0 Å². The molecule has 2 N–H and O–H groups in total. The first kappa shape index (κ1) is 14.1. The molecule has 1 heterocycles. The Morgan fingerprint density at radius 1 is 1.25 bits per heavy atom. The summed E-state index contributed by atoms with van der Waals surface area (Å²) in [7, 11) is 0. The van der Waals surface area contributed by atoms with E-state index >= 15 is 0 Å². The summed E-state index contributed by atoms with van der Waals surface area (Å²) in [5.41, 5.74) is 3.22. The highest BCUT2D eigenvalue weighted by molar-refractivity contribution is 6.04. The molecule has 2 rings (SSSR count). The van der Waals surface area contributed by atoms with Crippen LogP contribution >= 0.6 is 0 Å². The zero-order chi connectivity index (χ0) is 14.5. The van der Waals surface area contributed by atoms with E-state index in [1.54, 1.807) is 12.1 Å². The molecule has 5 nitrogen and oxygen atoms in total. The van der Waals surface area contributed by atoms with Crippen molar-refractivity contribution in [2.75, 3.05) is 17.2 Å². The second-order valence-corrected chi connectivity index (χ2v) is 4.68. The Bertz CT molecular complexity index is 588. The number of aryl methyl sites for hydroxylation is 1. The number of carbonyl (C=O) groups excluding carboxylic acids is 1. The third-order valence-corrected chi connectivity index (χ3v) is 3.11. The standard InChI is InChI=1S/C15H19N3O2/c1-4-9-16-13-7-5-12(6-8-13)14(19)17-15-10(2)11(3)18-20-15/h5-8,16H,4,9H2,1-3H3,(H,17,19). The van der Waals surface area contributed by atoms with Crippen LogP contribution in [0.25, 0.3) is 0 Å². The number of hydrogen-bond acceptors (Lipinski definition) is 4. The van der Waals surface area contributed by atoms with Crippen molar-refractivity contribution in [2.24, 2.45) is 0 Å². The minimum Gasteiger partial charge on any atom is -0.385 e. The Morgan fingerprint density at radius 3 is 2.50 bits per heavy atom. The summed E-state index contributed by atoms with van der Waals surface area (Å²) in [5.74, 6) is 0.201. The number of benzene rings is 1. The molecule has 5 heteroatoms. The van der Waals surface area contributed by atoms with Crippen molar-refractivity contribution < 1.29 is 9.32 Å². The van der Waals surface area contributed by atoms with Gasteiger partial charge in [0.2, 0.25) is 5.88 Å². The summed E-state index contributed by atoms with van der Waals surface area (Å²) in [4.78, 5) is 12.1. The van der Waals surface area contributed by atoms with Gasteiger partial charge in [-0.15, -0.1) is 0 Å². The largest absolute Gasteiger partial charge is 0.385 e. The summed E-state index contributed by atoms with van der Waals surface area (Å²) < 4.78 is 5.07. The molecule has 0 saturated carbocycles. The molecule has 1 aromatic carbocycles. The van der Waals surface area contributed by atoms with Crippen LogP contribution in [0.5, 0.6) is 0 Å². The van der Waals surface area contributed by atoms with Crippen LogP contribution in [0.15, 0.2) is 28.8 Å². The average Bonchev–Trinajstić information content (AvgIpc) is 2.77. The van der Waals surface area contributed by atoms with Crippen LogP contribution in [0.1, 0.15) is 35.0 Å². The molecule has 1 amide bonds. The fourth-order valence-corrected chi connectivity index (χ4v) is 1.72. The van der Waals surface area contributed by atoms with Crippen molar-refractivity contribution in [3.63, 3.8) is 0 Å². The van der Waals surface area contributed by atoms with E-state index in [4.69, 9.17) is 4.52 Å². The topological polar surface area (TPSA) is 67.2 Å². The van der Waals surface area contributed by atoms with E-state index in [9.17, 15) is 4.79 Å². The molecule has 0 atom stereocenters. The molecule has 0 saturated heterocycles. The van der Waals surface area contributed by atoms with Gasteiger partial charge in [0, 0.05) is 23.4 Å². The van der Waals surface area contributed by atoms with Gasteiger partial charge in [0.25, 0.3) is 5.91 Å². The number of hydrogen-bond donors (Lipinski definition) is 2. The molecule has 0 aliphatic carbocycles. The van der Waals surface area contributed by atoms with E-state index < -0.39 is 0 Å². The molecular weight excluding hydrogens is 254 g/mol. The SMILES string of the molecule is CCCNc1ccc(C(=O)Nc2onc(C)c2C)cc1. The molecule has 1 aromatic heterocycles. The monoisotopic (exact) mass is 273 g/mol. The van der Waals surface area contributed by atoms with Crippen LogP contribution in [0.3, 0.4) is 0 Å². The second-order valence-electron chi connectivity index (χ2n) is 4.68. The van der Waals surface area contributed by atoms with Gasteiger partial charge in [-0.2, -0.15) is 0 Å². The van der Waals surface area contributed by atoms with Gasteiger partial charge in [0.1, 0.15) is 0 Å². The number of nitrogens with one attached hydrogen (secondary N) is 2. The van der Waals surface area contributed by atoms with Gasteiger partial charge in [0.05, 0.1) is 5.69 Å². The van der Waals surface area contributed by atoms with Crippen LogP contribution < -0.4 is 10.6 Å². The van der Waals surface area contributed by atoms with Crippen LogP contribution in [0.2, 0.25) is 0 Å². The molecule has 0 radical (unpaired) electrons.